The van der Waals surface area contributed by atoms with Gasteiger partial charge in [0.25, 0.3) is 0 Å². The minimum Gasteiger partial charge on any atom is -0.379 e. The molecule has 0 unspecified atom stereocenters. The van der Waals surface area contributed by atoms with Gasteiger partial charge >= 0.3 is 0 Å². The van der Waals surface area contributed by atoms with Crippen LogP contribution in [0.2, 0.25) is 5.02 Å². The topological polar surface area (TPSA) is 70.2 Å². The fourth-order valence-electron chi connectivity index (χ4n) is 1.82. The zero-order chi connectivity index (χ0) is 12.4. The Labute approximate surface area is 109 Å². The molecule has 17 heavy (non-hydrogen) atoms. The van der Waals surface area contributed by atoms with E-state index in [0.717, 1.165) is 17.4 Å². The molecule has 4 nitrogen and oxygen atoms in total. The van der Waals surface area contributed by atoms with Gasteiger partial charge in [0.05, 0.1) is 5.25 Å². The van der Waals surface area contributed by atoms with Crippen LogP contribution in [0.4, 0.5) is 5.69 Å². The Hall–Kier alpha value is -1.20. The summed E-state index contributed by atoms with van der Waals surface area (Å²) in [4.78, 5) is 13.7. The van der Waals surface area contributed by atoms with E-state index in [2.05, 4.69) is 0 Å². The zero-order valence-electron chi connectivity index (χ0n) is 9.02. The number of benzene rings is 1. The molecule has 0 spiro atoms. The molecule has 0 aliphatic carbocycles. The van der Waals surface area contributed by atoms with Gasteiger partial charge in [0.2, 0.25) is 5.91 Å². The van der Waals surface area contributed by atoms with E-state index in [-0.39, 0.29) is 16.3 Å². The van der Waals surface area contributed by atoms with Crippen molar-refractivity contribution in [3.05, 3.63) is 29.3 Å². The molecule has 1 heterocycles. The maximum atomic E-state index is 12.1. The van der Waals surface area contributed by atoms with E-state index in [9.17, 15) is 4.79 Å². The molecule has 90 valence electrons. The van der Waals surface area contributed by atoms with Gasteiger partial charge in [-0.05, 0) is 24.6 Å². The third-order valence-electron chi connectivity index (χ3n) is 2.55. The maximum Gasteiger partial charge on any atom is 0.240 e. The van der Waals surface area contributed by atoms with Crippen molar-refractivity contribution in [1.82, 2.24) is 0 Å². The van der Waals surface area contributed by atoms with Crippen LogP contribution in [0.1, 0.15) is 6.42 Å². The minimum atomic E-state index is -0.244. The quantitative estimate of drug-likeness (QED) is 0.638. The zero-order valence-corrected chi connectivity index (χ0v) is 10.6. The summed E-state index contributed by atoms with van der Waals surface area (Å²) in [5.74, 6) is -0.00698. The Morgan fingerprint density at radius 3 is 3.00 bits per heavy atom. The van der Waals surface area contributed by atoms with Crippen molar-refractivity contribution in [3.63, 3.8) is 0 Å². The van der Waals surface area contributed by atoms with E-state index in [0.29, 0.717) is 18.0 Å². The average Bonchev–Trinajstić information content (AvgIpc) is 2.60. The van der Waals surface area contributed by atoms with Gasteiger partial charge in [-0.3, -0.25) is 10.2 Å². The van der Waals surface area contributed by atoms with Crippen LogP contribution in [0.3, 0.4) is 0 Å². The Balaban J connectivity index is 2.15. The number of anilines is 1. The SMILES string of the molecule is N=C(N)S[C@@H]1CCN(c2cccc(Cl)c2)C1=O. The maximum absolute atomic E-state index is 12.1. The van der Waals surface area contributed by atoms with Crippen molar-refractivity contribution >= 4 is 40.1 Å². The van der Waals surface area contributed by atoms with Gasteiger partial charge in [0.1, 0.15) is 0 Å². The van der Waals surface area contributed by atoms with Crippen LogP contribution in [-0.4, -0.2) is 22.9 Å². The molecular formula is C11H12ClN3OS. The smallest absolute Gasteiger partial charge is 0.240 e. The van der Waals surface area contributed by atoms with Crippen molar-refractivity contribution in [2.45, 2.75) is 11.7 Å². The van der Waals surface area contributed by atoms with E-state index in [1.165, 1.54) is 0 Å². The van der Waals surface area contributed by atoms with Gasteiger partial charge in [0.15, 0.2) is 5.17 Å². The molecule has 0 radical (unpaired) electrons. The molecule has 0 saturated carbocycles. The first kappa shape index (κ1) is 12.3. The number of hydrogen-bond acceptors (Lipinski definition) is 3. The molecule has 0 bridgehead atoms. The van der Waals surface area contributed by atoms with Crippen LogP contribution in [0, 0.1) is 5.41 Å². The van der Waals surface area contributed by atoms with Crippen molar-refractivity contribution in [2.75, 3.05) is 11.4 Å². The summed E-state index contributed by atoms with van der Waals surface area (Å²) in [6, 6.07) is 7.20. The van der Waals surface area contributed by atoms with Crippen molar-refractivity contribution < 1.29 is 4.79 Å². The highest BCUT2D eigenvalue weighted by atomic mass is 35.5. The van der Waals surface area contributed by atoms with Crippen molar-refractivity contribution in [1.29, 1.82) is 5.41 Å². The lowest BCUT2D eigenvalue weighted by molar-refractivity contribution is -0.116. The first-order valence-electron chi connectivity index (χ1n) is 5.15. The molecule has 1 aliphatic heterocycles. The number of carbonyl (C=O) groups is 1. The highest BCUT2D eigenvalue weighted by molar-refractivity contribution is 8.14. The monoisotopic (exact) mass is 269 g/mol. The van der Waals surface area contributed by atoms with Crippen molar-refractivity contribution in [3.8, 4) is 0 Å². The fourth-order valence-corrected chi connectivity index (χ4v) is 2.76. The number of thioether (sulfide) groups is 1. The third kappa shape index (κ3) is 2.73. The second kappa shape index (κ2) is 4.98. The molecule has 3 N–H and O–H groups in total. The van der Waals surface area contributed by atoms with Gasteiger partial charge in [-0.15, -0.1) is 0 Å². The predicted molar refractivity (Wildman–Crippen MR) is 71.7 cm³/mol. The van der Waals surface area contributed by atoms with Crippen LogP contribution >= 0.6 is 23.4 Å². The number of nitrogens with two attached hydrogens (primary N) is 1. The molecule has 1 aromatic rings. The molecule has 1 atom stereocenters. The first-order valence-corrected chi connectivity index (χ1v) is 6.41. The highest BCUT2D eigenvalue weighted by Gasteiger charge is 2.33. The third-order valence-corrected chi connectivity index (χ3v) is 3.76. The van der Waals surface area contributed by atoms with Crippen LogP contribution in [0.25, 0.3) is 0 Å². The van der Waals surface area contributed by atoms with Gasteiger partial charge in [-0.1, -0.05) is 29.4 Å². The Morgan fingerprint density at radius 1 is 1.59 bits per heavy atom. The molecule has 1 aliphatic rings. The van der Waals surface area contributed by atoms with E-state index >= 15 is 0 Å². The Bertz CT molecular complexity index is 466. The second-order valence-electron chi connectivity index (χ2n) is 3.73. The lowest BCUT2D eigenvalue weighted by atomic mass is 10.3. The number of nitrogens with one attached hydrogen (secondary N) is 1. The second-order valence-corrected chi connectivity index (χ2v) is 5.41. The highest BCUT2D eigenvalue weighted by Crippen LogP contribution is 2.29. The minimum absolute atomic E-state index is 0.00698. The number of rotatable bonds is 2. The number of carbonyl (C=O) groups excluding carboxylic acids is 1. The van der Waals surface area contributed by atoms with Gasteiger partial charge in [0, 0.05) is 17.3 Å². The largest absolute Gasteiger partial charge is 0.379 e. The summed E-state index contributed by atoms with van der Waals surface area (Å²) in [6.07, 6.45) is 0.704. The van der Waals surface area contributed by atoms with Crippen molar-refractivity contribution in [2.24, 2.45) is 5.73 Å². The molecule has 6 heteroatoms. The Morgan fingerprint density at radius 2 is 2.35 bits per heavy atom. The molecule has 0 aromatic heterocycles. The van der Waals surface area contributed by atoms with Crippen LogP contribution < -0.4 is 10.6 Å². The molecule has 1 amide bonds. The van der Waals surface area contributed by atoms with E-state index < -0.39 is 0 Å². The van der Waals surface area contributed by atoms with Crippen LogP contribution in [0.5, 0.6) is 0 Å². The van der Waals surface area contributed by atoms with Gasteiger partial charge < -0.3 is 10.6 Å². The number of halogens is 1. The summed E-state index contributed by atoms with van der Waals surface area (Å²) in [7, 11) is 0. The standard InChI is InChI=1S/C11H12ClN3OS/c12-7-2-1-3-8(6-7)15-5-4-9(10(15)16)17-11(13)14/h1-3,6,9H,4-5H2,(H3,13,14)/t9-/m1/s1. The summed E-state index contributed by atoms with van der Waals surface area (Å²) < 4.78 is 0. The predicted octanol–water partition coefficient (Wildman–Crippen LogP) is 2.07. The summed E-state index contributed by atoms with van der Waals surface area (Å²) in [5, 5.41) is 7.55. The lowest BCUT2D eigenvalue weighted by Gasteiger charge is -2.16. The number of amides is 1. The average molecular weight is 270 g/mol. The van der Waals surface area contributed by atoms with E-state index in [1.807, 2.05) is 12.1 Å². The van der Waals surface area contributed by atoms with E-state index in [4.69, 9.17) is 22.7 Å². The fraction of sp³-hybridized carbons (Fsp3) is 0.273. The normalized spacial score (nSPS) is 19.7. The van der Waals surface area contributed by atoms with E-state index in [1.54, 1.807) is 17.0 Å². The molecule has 1 saturated heterocycles. The molecule has 1 aromatic carbocycles. The van der Waals surface area contributed by atoms with Crippen LogP contribution in [0.15, 0.2) is 24.3 Å². The number of amidine groups is 1. The molecule has 1 fully saturated rings. The number of hydrogen-bond donors (Lipinski definition) is 2. The molecule has 2 rings (SSSR count). The number of nitrogens with zero attached hydrogens (tertiary/aromatic N) is 1. The summed E-state index contributed by atoms with van der Waals surface area (Å²) >= 11 is 7.00. The Kier molecular flexibility index (Phi) is 3.59. The van der Waals surface area contributed by atoms with Gasteiger partial charge in [-0.2, -0.15) is 0 Å². The lowest BCUT2D eigenvalue weighted by Crippen LogP contribution is -2.29. The van der Waals surface area contributed by atoms with Crippen LogP contribution in [-0.2, 0) is 4.79 Å². The molecular weight excluding hydrogens is 258 g/mol. The summed E-state index contributed by atoms with van der Waals surface area (Å²) in [6.45, 7) is 0.643. The first-order chi connectivity index (χ1) is 8.08. The van der Waals surface area contributed by atoms with Gasteiger partial charge in [-0.25, -0.2) is 0 Å². The summed E-state index contributed by atoms with van der Waals surface area (Å²) in [5.41, 5.74) is 6.10.